The lowest BCUT2D eigenvalue weighted by Gasteiger charge is -1.95. The standard InChI is InChI=1S/C12H9N3O2S2/c16-11(17)8-5-7-9(6-1-2-6)14-15(10(7)19-8)12-13-3-4-18-12/h3-6H,1-2H2,(H,16,17). The van der Waals surface area contributed by atoms with Crippen LogP contribution in [0.25, 0.3) is 15.3 Å². The van der Waals surface area contributed by atoms with Gasteiger partial charge in [-0.25, -0.2) is 9.78 Å². The number of fused-ring (bicyclic) bond motifs is 1. The highest BCUT2D eigenvalue weighted by Crippen LogP contribution is 2.44. The van der Waals surface area contributed by atoms with Crippen molar-refractivity contribution in [1.29, 1.82) is 0 Å². The second-order valence-corrected chi connectivity index (χ2v) is 6.42. The summed E-state index contributed by atoms with van der Waals surface area (Å²) in [6, 6.07) is 1.74. The molecule has 0 spiro atoms. The van der Waals surface area contributed by atoms with Crippen molar-refractivity contribution in [2.24, 2.45) is 0 Å². The maximum absolute atomic E-state index is 11.1. The highest BCUT2D eigenvalue weighted by Gasteiger charge is 2.31. The Labute approximate surface area is 116 Å². The maximum atomic E-state index is 11.1. The second-order valence-electron chi connectivity index (χ2n) is 4.52. The van der Waals surface area contributed by atoms with Crippen molar-refractivity contribution in [3.63, 3.8) is 0 Å². The molecule has 0 amide bonds. The van der Waals surface area contributed by atoms with Gasteiger partial charge in [-0.05, 0) is 18.9 Å². The molecule has 1 N–H and O–H groups in total. The summed E-state index contributed by atoms with van der Waals surface area (Å²) in [5.41, 5.74) is 1.02. The smallest absolute Gasteiger partial charge is 0.345 e. The second kappa shape index (κ2) is 3.88. The maximum Gasteiger partial charge on any atom is 0.345 e. The van der Waals surface area contributed by atoms with Crippen molar-refractivity contribution < 1.29 is 9.90 Å². The van der Waals surface area contributed by atoms with Crippen molar-refractivity contribution in [3.8, 4) is 5.13 Å². The SMILES string of the molecule is O=C(O)c1cc2c(C3CC3)nn(-c3nccs3)c2s1. The molecule has 96 valence electrons. The Bertz CT molecular complexity index is 768. The summed E-state index contributed by atoms with van der Waals surface area (Å²) in [4.78, 5) is 16.6. The lowest BCUT2D eigenvalue weighted by molar-refractivity contribution is 0.0702. The number of aromatic nitrogens is 3. The first kappa shape index (κ1) is 11.1. The first-order chi connectivity index (χ1) is 9.24. The molecule has 4 rings (SSSR count). The number of aromatic carboxylic acids is 1. The van der Waals surface area contributed by atoms with E-state index in [1.807, 2.05) is 5.38 Å². The van der Waals surface area contributed by atoms with E-state index < -0.39 is 5.97 Å². The predicted octanol–water partition coefficient (Wildman–Crippen LogP) is 3.12. The van der Waals surface area contributed by atoms with Gasteiger partial charge in [0.1, 0.15) is 9.71 Å². The molecule has 1 aliphatic carbocycles. The Morgan fingerprint density at radius 1 is 1.47 bits per heavy atom. The lowest BCUT2D eigenvalue weighted by atomic mass is 10.2. The molecule has 0 aromatic carbocycles. The molecule has 0 bridgehead atoms. The normalized spacial score (nSPS) is 15.2. The van der Waals surface area contributed by atoms with E-state index in [4.69, 9.17) is 5.11 Å². The number of nitrogens with zero attached hydrogens (tertiary/aromatic N) is 3. The van der Waals surface area contributed by atoms with Crippen molar-refractivity contribution in [3.05, 3.63) is 28.2 Å². The van der Waals surface area contributed by atoms with E-state index in [0.717, 1.165) is 33.9 Å². The minimum Gasteiger partial charge on any atom is -0.477 e. The topological polar surface area (TPSA) is 68.0 Å². The van der Waals surface area contributed by atoms with E-state index in [9.17, 15) is 4.79 Å². The minimum atomic E-state index is -0.881. The molecular formula is C12H9N3O2S2. The number of thiazole rings is 1. The number of hydrogen-bond acceptors (Lipinski definition) is 5. The largest absolute Gasteiger partial charge is 0.477 e. The zero-order valence-corrected chi connectivity index (χ0v) is 11.4. The Morgan fingerprint density at radius 3 is 2.95 bits per heavy atom. The van der Waals surface area contributed by atoms with Crippen LogP contribution < -0.4 is 0 Å². The summed E-state index contributed by atoms with van der Waals surface area (Å²) >= 11 is 2.77. The quantitative estimate of drug-likeness (QED) is 0.805. The van der Waals surface area contributed by atoms with Crippen LogP contribution in [0.4, 0.5) is 0 Å². The molecule has 3 heterocycles. The van der Waals surface area contributed by atoms with Crippen LogP contribution in [0.3, 0.4) is 0 Å². The molecular weight excluding hydrogens is 282 g/mol. The summed E-state index contributed by atoms with van der Waals surface area (Å²) in [7, 11) is 0. The molecule has 0 unspecified atom stereocenters. The molecule has 1 aliphatic rings. The molecule has 3 aromatic heterocycles. The van der Waals surface area contributed by atoms with Gasteiger partial charge >= 0.3 is 5.97 Å². The van der Waals surface area contributed by atoms with Crippen LogP contribution in [0, 0.1) is 0 Å². The van der Waals surface area contributed by atoms with E-state index in [1.165, 1.54) is 22.7 Å². The molecule has 5 nitrogen and oxygen atoms in total. The van der Waals surface area contributed by atoms with Crippen LogP contribution in [0.15, 0.2) is 17.6 Å². The van der Waals surface area contributed by atoms with Crippen LogP contribution in [0.5, 0.6) is 0 Å². The van der Waals surface area contributed by atoms with Crippen molar-refractivity contribution in [1.82, 2.24) is 14.8 Å². The number of hydrogen-bond donors (Lipinski definition) is 1. The molecule has 0 atom stereocenters. The Balaban J connectivity index is 1.99. The summed E-state index contributed by atoms with van der Waals surface area (Å²) in [6.45, 7) is 0. The van der Waals surface area contributed by atoms with Crippen LogP contribution >= 0.6 is 22.7 Å². The van der Waals surface area contributed by atoms with Gasteiger partial charge in [0, 0.05) is 22.9 Å². The molecule has 0 radical (unpaired) electrons. The number of carboxylic acids is 1. The van der Waals surface area contributed by atoms with Crippen LogP contribution in [0.1, 0.15) is 34.1 Å². The summed E-state index contributed by atoms with van der Waals surface area (Å²) < 4.78 is 1.78. The van der Waals surface area contributed by atoms with Crippen LogP contribution in [-0.2, 0) is 0 Å². The monoisotopic (exact) mass is 291 g/mol. The van der Waals surface area contributed by atoms with Crippen LogP contribution in [-0.4, -0.2) is 25.8 Å². The van der Waals surface area contributed by atoms with Gasteiger partial charge in [-0.1, -0.05) is 0 Å². The first-order valence-corrected chi connectivity index (χ1v) is 7.59. The van der Waals surface area contributed by atoms with Crippen molar-refractivity contribution in [2.45, 2.75) is 18.8 Å². The fourth-order valence-electron chi connectivity index (χ4n) is 2.14. The number of rotatable bonds is 3. The number of carboxylic acid groups (broad SMARTS) is 1. The predicted molar refractivity (Wildman–Crippen MR) is 73.6 cm³/mol. The van der Waals surface area contributed by atoms with Gasteiger partial charge in [0.05, 0.1) is 5.69 Å². The van der Waals surface area contributed by atoms with E-state index >= 15 is 0 Å². The van der Waals surface area contributed by atoms with Gasteiger partial charge in [-0.15, -0.1) is 22.7 Å². The molecule has 0 aliphatic heterocycles. The lowest BCUT2D eigenvalue weighted by Crippen LogP contribution is -1.96. The highest BCUT2D eigenvalue weighted by atomic mass is 32.1. The number of thiophene rings is 1. The van der Waals surface area contributed by atoms with Gasteiger partial charge in [0.15, 0.2) is 0 Å². The third-order valence-corrected chi connectivity index (χ3v) is 5.01. The highest BCUT2D eigenvalue weighted by molar-refractivity contribution is 7.20. The Hall–Kier alpha value is -1.73. The molecule has 19 heavy (non-hydrogen) atoms. The molecule has 7 heteroatoms. The Kier molecular flexibility index (Phi) is 2.27. The van der Waals surface area contributed by atoms with Crippen molar-refractivity contribution >= 4 is 38.9 Å². The van der Waals surface area contributed by atoms with Gasteiger partial charge in [0.2, 0.25) is 5.13 Å². The van der Waals surface area contributed by atoms with Gasteiger partial charge in [-0.3, -0.25) is 0 Å². The zero-order chi connectivity index (χ0) is 13.0. The number of carbonyl (C=O) groups is 1. The summed E-state index contributed by atoms with van der Waals surface area (Å²) in [5, 5.41) is 17.4. The van der Waals surface area contributed by atoms with Gasteiger partial charge < -0.3 is 5.11 Å². The molecule has 0 saturated heterocycles. The molecule has 1 saturated carbocycles. The van der Waals surface area contributed by atoms with Gasteiger partial charge in [-0.2, -0.15) is 9.78 Å². The van der Waals surface area contributed by atoms with Gasteiger partial charge in [0.25, 0.3) is 0 Å². The fourth-order valence-corrected chi connectivity index (χ4v) is 3.76. The first-order valence-electron chi connectivity index (χ1n) is 5.89. The average molecular weight is 291 g/mol. The van der Waals surface area contributed by atoms with Crippen molar-refractivity contribution in [2.75, 3.05) is 0 Å². The van der Waals surface area contributed by atoms with Crippen LogP contribution in [0.2, 0.25) is 0 Å². The van der Waals surface area contributed by atoms with E-state index in [-0.39, 0.29) is 0 Å². The fraction of sp³-hybridized carbons (Fsp3) is 0.250. The van der Waals surface area contributed by atoms with E-state index in [0.29, 0.717) is 10.8 Å². The minimum absolute atomic E-state index is 0.361. The molecule has 1 fully saturated rings. The summed E-state index contributed by atoms with van der Waals surface area (Å²) in [6.07, 6.45) is 4.01. The zero-order valence-electron chi connectivity index (χ0n) is 9.74. The van der Waals surface area contributed by atoms with E-state index in [1.54, 1.807) is 16.9 Å². The Morgan fingerprint density at radius 2 is 2.32 bits per heavy atom. The summed E-state index contributed by atoms with van der Waals surface area (Å²) in [5.74, 6) is -0.395. The third-order valence-electron chi connectivity index (χ3n) is 3.16. The van der Waals surface area contributed by atoms with E-state index in [2.05, 4.69) is 10.1 Å². The average Bonchev–Trinajstić information content (AvgIpc) is 2.82. The third kappa shape index (κ3) is 1.69. The molecule has 3 aromatic rings.